The van der Waals surface area contributed by atoms with Crippen LogP contribution in [0.2, 0.25) is 0 Å². The van der Waals surface area contributed by atoms with Gasteiger partial charge in [0.15, 0.2) is 5.96 Å². The van der Waals surface area contributed by atoms with E-state index in [1.165, 1.54) is 19.3 Å². The Morgan fingerprint density at radius 1 is 1.54 bits per heavy atom. The molecule has 0 amide bonds. The van der Waals surface area contributed by atoms with E-state index in [-0.39, 0.29) is 5.54 Å². The molecule has 1 aliphatic carbocycles. The molecule has 3 nitrogen and oxygen atoms in total. The monoisotopic (exact) mass is 181 g/mol. The van der Waals surface area contributed by atoms with Crippen LogP contribution in [-0.2, 0) is 0 Å². The molecule has 0 saturated heterocycles. The molecule has 1 aliphatic heterocycles. The minimum absolute atomic E-state index is 0.196. The maximum absolute atomic E-state index is 5.69. The molecule has 0 radical (unpaired) electrons. The molecule has 2 aliphatic rings. The molecule has 3 heteroatoms. The van der Waals surface area contributed by atoms with Crippen molar-refractivity contribution in [1.82, 2.24) is 5.32 Å². The maximum Gasteiger partial charge on any atom is 0.189 e. The topological polar surface area (TPSA) is 50.4 Å². The van der Waals surface area contributed by atoms with E-state index in [0.717, 1.165) is 12.5 Å². The summed E-state index contributed by atoms with van der Waals surface area (Å²) < 4.78 is 0. The Kier molecular flexibility index (Phi) is 1.97. The highest BCUT2D eigenvalue weighted by Crippen LogP contribution is 2.39. The highest BCUT2D eigenvalue weighted by molar-refractivity contribution is 5.80. The number of nitrogens with one attached hydrogen (secondary N) is 1. The Morgan fingerprint density at radius 3 is 2.92 bits per heavy atom. The second-order valence-electron chi connectivity index (χ2n) is 4.64. The Bertz CT molecular complexity index is 236. The lowest BCUT2D eigenvalue weighted by molar-refractivity contribution is 0.140. The average molecular weight is 181 g/mol. The molecular formula is C10H19N3. The van der Waals surface area contributed by atoms with Crippen LogP contribution < -0.4 is 11.1 Å². The first-order valence-electron chi connectivity index (χ1n) is 5.22. The fraction of sp³-hybridized carbons (Fsp3) is 0.900. The summed E-state index contributed by atoms with van der Waals surface area (Å²) in [5.74, 6) is 2.12. The van der Waals surface area contributed by atoms with E-state index in [0.29, 0.717) is 11.9 Å². The molecule has 0 aromatic rings. The fourth-order valence-corrected chi connectivity index (χ4v) is 2.72. The first-order valence-corrected chi connectivity index (χ1v) is 5.22. The minimum atomic E-state index is 0.196. The number of nitrogens with two attached hydrogens (primary N) is 1. The summed E-state index contributed by atoms with van der Waals surface area (Å²) in [6.07, 6.45) is 3.88. The second kappa shape index (κ2) is 2.89. The van der Waals surface area contributed by atoms with Gasteiger partial charge in [-0.2, -0.15) is 0 Å². The van der Waals surface area contributed by atoms with Crippen molar-refractivity contribution in [2.24, 2.45) is 22.6 Å². The third-order valence-electron chi connectivity index (χ3n) is 3.92. The summed E-state index contributed by atoms with van der Waals surface area (Å²) in [5.41, 5.74) is 5.88. The quantitative estimate of drug-likeness (QED) is 0.588. The van der Waals surface area contributed by atoms with Gasteiger partial charge >= 0.3 is 0 Å². The molecule has 0 bridgehead atoms. The van der Waals surface area contributed by atoms with Gasteiger partial charge in [0.05, 0.1) is 12.1 Å². The van der Waals surface area contributed by atoms with E-state index in [9.17, 15) is 0 Å². The van der Waals surface area contributed by atoms with Gasteiger partial charge in [0.1, 0.15) is 0 Å². The first-order chi connectivity index (χ1) is 6.14. The van der Waals surface area contributed by atoms with Crippen LogP contribution in [0.15, 0.2) is 4.99 Å². The van der Waals surface area contributed by atoms with Crippen LogP contribution in [0.1, 0.15) is 33.1 Å². The molecule has 3 atom stereocenters. The van der Waals surface area contributed by atoms with Crippen LogP contribution in [0.25, 0.3) is 0 Å². The summed E-state index contributed by atoms with van der Waals surface area (Å²) in [5, 5.41) is 3.38. The second-order valence-corrected chi connectivity index (χ2v) is 4.64. The van der Waals surface area contributed by atoms with E-state index in [1.807, 2.05) is 0 Å². The molecule has 1 fully saturated rings. The van der Waals surface area contributed by atoms with Crippen molar-refractivity contribution in [3.63, 3.8) is 0 Å². The lowest BCUT2D eigenvalue weighted by atomic mass is 9.69. The predicted molar refractivity (Wildman–Crippen MR) is 54.5 cm³/mol. The van der Waals surface area contributed by atoms with Gasteiger partial charge in [0.2, 0.25) is 0 Å². The smallest absolute Gasteiger partial charge is 0.189 e. The number of hydrogen-bond donors (Lipinski definition) is 2. The SMILES string of the molecule is CC1CCCC2(CN=C(N)N2)C1C. The molecule has 0 aromatic carbocycles. The molecule has 1 spiro atoms. The summed E-state index contributed by atoms with van der Waals surface area (Å²) >= 11 is 0. The molecule has 2 rings (SSSR count). The van der Waals surface area contributed by atoms with Crippen LogP contribution in [0.5, 0.6) is 0 Å². The third kappa shape index (κ3) is 1.30. The average Bonchev–Trinajstić information content (AvgIpc) is 2.45. The zero-order valence-electron chi connectivity index (χ0n) is 8.51. The first kappa shape index (κ1) is 8.85. The van der Waals surface area contributed by atoms with E-state index in [1.54, 1.807) is 0 Å². The van der Waals surface area contributed by atoms with Crippen molar-refractivity contribution in [2.45, 2.75) is 38.6 Å². The number of nitrogens with zero attached hydrogens (tertiary/aromatic N) is 1. The molecule has 1 saturated carbocycles. The Labute approximate surface area is 79.8 Å². The molecule has 1 heterocycles. The maximum atomic E-state index is 5.69. The van der Waals surface area contributed by atoms with Gasteiger partial charge in [0.25, 0.3) is 0 Å². The zero-order chi connectivity index (χ0) is 9.47. The van der Waals surface area contributed by atoms with Crippen molar-refractivity contribution < 1.29 is 0 Å². The Morgan fingerprint density at radius 2 is 2.31 bits per heavy atom. The van der Waals surface area contributed by atoms with Crippen molar-refractivity contribution in [1.29, 1.82) is 0 Å². The standard InChI is InChI=1S/C10H19N3/c1-7-4-3-5-10(8(7)2)6-12-9(11)13-10/h7-8H,3-6H2,1-2H3,(H3,11,12,13). The molecule has 74 valence electrons. The largest absolute Gasteiger partial charge is 0.370 e. The van der Waals surface area contributed by atoms with E-state index < -0.39 is 0 Å². The lowest BCUT2D eigenvalue weighted by Gasteiger charge is -2.43. The van der Waals surface area contributed by atoms with Crippen LogP contribution in [-0.4, -0.2) is 18.0 Å². The van der Waals surface area contributed by atoms with Crippen molar-refractivity contribution >= 4 is 5.96 Å². The summed E-state index contributed by atoms with van der Waals surface area (Å²) in [6, 6.07) is 0. The molecule has 3 N–H and O–H groups in total. The number of rotatable bonds is 0. The number of aliphatic imine (C=N–C) groups is 1. The van der Waals surface area contributed by atoms with Gasteiger partial charge in [-0.1, -0.05) is 26.7 Å². The highest BCUT2D eigenvalue weighted by Gasteiger charge is 2.44. The van der Waals surface area contributed by atoms with Crippen LogP contribution >= 0.6 is 0 Å². The van der Waals surface area contributed by atoms with Crippen LogP contribution in [0.3, 0.4) is 0 Å². The zero-order valence-corrected chi connectivity index (χ0v) is 8.51. The molecule has 13 heavy (non-hydrogen) atoms. The third-order valence-corrected chi connectivity index (χ3v) is 3.92. The van der Waals surface area contributed by atoms with Gasteiger partial charge in [-0.05, 0) is 18.3 Å². The Balaban J connectivity index is 2.14. The molecule has 0 aromatic heterocycles. The normalized spacial score (nSPS) is 44.6. The predicted octanol–water partition coefficient (Wildman–Crippen LogP) is 1.10. The van der Waals surface area contributed by atoms with Crippen LogP contribution in [0, 0.1) is 11.8 Å². The summed E-state index contributed by atoms with van der Waals surface area (Å²) in [7, 11) is 0. The summed E-state index contributed by atoms with van der Waals surface area (Å²) in [4.78, 5) is 4.28. The Hall–Kier alpha value is -0.730. The van der Waals surface area contributed by atoms with Gasteiger partial charge in [0, 0.05) is 0 Å². The summed E-state index contributed by atoms with van der Waals surface area (Å²) in [6.45, 7) is 5.54. The van der Waals surface area contributed by atoms with E-state index in [2.05, 4.69) is 24.2 Å². The molecule has 3 unspecified atom stereocenters. The van der Waals surface area contributed by atoms with Crippen LogP contribution in [0.4, 0.5) is 0 Å². The van der Waals surface area contributed by atoms with Gasteiger partial charge < -0.3 is 11.1 Å². The van der Waals surface area contributed by atoms with Gasteiger partial charge in [-0.3, -0.25) is 4.99 Å². The van der Waals surface area contributed by atoms with E-state index >= 15 is 0 Å². The lowest BCUT2D eigenvalue weighted by Crippen LogP contribution is -2.56. The molecular weight excluding hydrogens is 162 g/mol. The minimum Gasteiger partial charge on any atom is -0.370 e. The van der Waals surface area contributed by atoms with Gasteiger partial charge in [-0.25, -0.2) is 0 Å². The highest BCUT2D eigenvalue weighted by atomic mass is 15.2. The van der Waals surface area contributed by atoms with Crippen molar-refractivity contribution in [3.05, 3.63) is 0 Å². The van der Waals surface area contributed by atoms with Gasteiger partial charge in [-0.15, -0.1) is 0 Å². The van der Waals surface area contributed by atoms with E-state index in [4.69, 9.17) is 5.73 Å². The number of hydrogen-bond acceptors (Lipinski definition) is 3. The van der Waals surface area contributed by atoms with Crippen molar-refractivity contribution in [3.8, 4) is 0 Å². The van der Waals surface area contributed by atoms with Crippen molar-refractivity contribution in [2.75, 3.05) is 6.54 Å². The fourth-order valence-electron chi connectivity index (χ4n) is 2.72. The number of guanidine groups is 1.